The van der Waals surface area contributed by atoms with Gasteiger partial charge in [0.1, 0.15) is 12.4 Å². The van der Waals surface area contributed by atoms with Gasteiger partial charge in [0, 0.05) is 18.1 Å². The number of carbonyl (C=O) groups is 2. The summed E-state index contributed by atoms with van der Waals surface area (Å²) in [5.41, 5.74) is 1.09. The van der Waals surface area contributed by atoms with Gasteiger partial charge in [0.15, 0.2) is 5.78 Å². The monoisotopic (exact) mass is 270 g/mol. The molecule has 0 aliphatic carbocycles. The number of benzene rings is 2. The van der Waals surface area contributed by atoms with Gasteiger partial charge in [-0.05, 0) is 6.07 Å². The standard InChI is InChI=1S/C16H14O4/c1-11(17)20-10-13-8-5-9-14(16(13)19)15(18)12-6-3-2-4-7-12/h2-9,19H,10H2,1H3. The minimum absolute atomic E-state index is 0.0585. The van der Waals surface area contributed by atoms with E-state index in [4.69, 9.17) is 4.74 Å². The lowest BCUT2D eigenvalue weighted by molar-refractivity contribution is -0.142. The van der Waals surface area contributed by atoms with Crippen LogP contribution in [-0.4, -0.2) is 16.9 Å². The van der Waals surface area contributed by atoms with E-state index < -0.39 is 5.97 Å². The van der Waals surface area contributed by atoms with E-state index in [1.54, 1.807) is 42.5 Å². The highest BCUT2D eigenvalue weighted by Crippen LogP contribution is 2.25. The van der Waals surface area contributed by atoms with E-state index in [9.17, 15) is 14.7 Å². The summed E-state index contributed by atoms with van der Waals surface area (Å²) in [6, 6.07) is 13.5. The van der Waals surface area contributed by atoms with Gasteiger partial charge in [-0.25, -0.2) is 0 Å². The Morgan fingerprint density at radius 3 is 2.40 bits per heavy atom. The van der Waals surface area contributed by atoms with Crippen molar-refractivity contribution in [3.63, 3.8) is 0 Å². The highest BCUT2D eigenvalue weighted by atomic mass is 16.5. The molecule has 0 atom stereocenters. The number of phenols is 1. The van der Waals surface area contributed by atoms with E-state index in [0.29, 0.717) is 11.1 Å². The number of carbonyl (C=O) groups excluding carboxylic acids is 2. The molecule has 0 spiro atoms. The summed E-state index contributed by atoms with van der Waals surface area (Å²) in [7, 11) is 0. The maximum atomic E-state index is 12.3. The maximum absolute atomic E-state index is 12.3. The first kappa shape index (κ1) is 13.8. The van der Waals surface area contributed by atoms with Crippen molar-refractivity contribution < 1.29 is 19.4 Å². The van der Waals surface area contributed by atoms with Gasteiger partial charge < -0.3 is 9.84 Å². The van der Waals surface area contributed by atoms with Gasteiger partial charge in [0.05, 0.1) is 5.56 Å². The molecule has 0 aromatic heterocycles. The second-order valence-electron chi connectivity index (χ2n) is 4.29. The average Bonchev–Trinajstić information content (AvgIpc) is 2.46. The lowest BCUT2D eigenvalue weighted by Crippen LogP contribution is -2.04. The van der Waals surface area contributed by atoms with E-state index in [0.717, 1.165) is 0 Å². The van der Waals surface area contributed by atoms with Crippen molar-refractivity contribution in [3.8, 4) is 5.75 Å². The zero-order valence-corrected chi connectivity index (χ0v) is 11.0. The lowest BCUT2D eigenvalue weighted by Gasteiger charge is -2.09. The van der Waals surface area contributed by atoms with Crippen LogP contribution >= 0.6 is 0 Å². The second-order valence-corrected chi connectivity index (χ2v) is 4.29. The molecule has 2 aromatic carbocycles. The molecule has 0 aliphatic heterocycles. The summed E-state index contributed by atoms with van der Waals surface area (Å²) >= 11 is 0. The molecule has 0 amide bonds. The van der Waals surface area contributed by atoms with Crippen LogP contribution in [0.1, 0.15) is 28.4 Å². The molecule has 0 saturated heterocycles. The molecule has 1 N–H and O–H groups in total. The molecule has 0 radical (unpaired) electrons. The molecule has 20 heavy (non-hydrogen) atoms. The zero-order chi connectivity index (χ0) is 14.5. The molecule has 0 heterocycles. The minimum Gasteiger partial charge on any atom is -0.507 e. The molecule has 4 heteroatoms. The van der Waals surface area contributed by atoms with E-state index in [1.165, 1.54) is 6.92 Å². The fraction of sp³-hybridized carbons (Fsp3) is 0.125. The number of hydrogen-bond acceptors (Lipinski definition) is 4. The highest BCUT2D eigenvalue weighted by molar-refractivity contribution is 6.10. The van der Waals surface area contributed by atoms with Crippen molar-refractivity contribution in [1.82, 2.24) is 0 Å². The van der Waals surface area contributed by atoms with Crippen LogP contribution in [0.5, 0.6) is 5.75 Å². The van der Waals surface area contributed by atoms with Crippen molar-refractivity contribution in [2.75, 3.05) is 0 Å². The van der Waals surface area contributed by atoms with Crippen LogP contribution in [0.25, 0.3) is 0 Å². The third-order valence-corrected chi connectivity index (χ3v) is 2.83. The van der Waals surface area contributed by atoms with Crippen molar-refractivity contribution in [2.45, 2.75) is 13.5 Å². The summed E-state index contributed by atoms with van der Waals surface area (Å²) in [4.78, 5) is 23.1. The number of aromatic hydroxyl groups is 1. The number of ketones is 1. The number of rotatable bonds is 4. The first-order valence-electron chi connectivity index (χ1n) is 6.13. The third-order valence-electron chi connectivity index (χ3n) is 2.83. The molecule has 2 rings (SSSR count). The Kier molecular flexibility index (Phi) is 4.15. The van der Waals surface area contributed by atoms with Crippen LogP contribution in [0.4, 0.5) is 0 Å². The van der Waals surface area contributed by atoms with Crippen molar-refractivity contribution >= 4 is 11.8 Å². The Morgan fingerprint density at radius 2 is 1.75 bits per heavy atom. The first-order valence-corrected chi connectivity index (χ1v) is 6.13. The predicted octanol–water partition coefficient (Wildman–Crippen LogP) is 2.69. The Bertz CT molecular complexity index is 632. The summed E-state index contributed by atoms with van der Waals surface area (Å²) in [5.74, 6) is -0.862. The molecule has 0 unspecified atom stereocenters. The summed E-state index contributed by atoms with van der Waals surface area (Å²) in [6.07, 6.45) is 0. The predicted molar refractivity (Wildman–Crippen MR) is 73.5 cm³/mol. The summed E-state index contributed by atoms with van der Waals surface area (Å²) < 4.78 is 4.84. The van der Waals surface area contributed by atoms with Gasteiger partial charge in [-0.15, -0.1) is 0 Å². The normalized spacial score (nSPS) is 10.1. The van der Waals surface area contributed by atoms with Gasteiger partial charge in [-0.2, -0.15) is 0 Å². The van der Waals surface area contributed by atoms with Crippen molar-refractivity contribution in [1.29, 1.82) is 0 Å². The second kappa shape index (κ2) is 6.02. The molecule has 4 nitrogen and oxygen atoms in total. The van der Waals surface area contributed by atoms with E-state index >= 15 is 0 Å². The SMILES string of the molecule is CC(=O)OCc1cccc(C(=O)c2ccccc2)c1O. The number of ether oxygens (including phenoxy) is 1. The van der Waals surface area contributed by atoms with Crippen LogP contribution in [0, 0.1) is 0 Å². The largest absolute Gasteiger partial charge is 0.507 e. The zero-order valence-electron chi connectivity index (χ0n) is 11.0. The minimum atomic E-state index is -0.441. The van der Waals surface area contributed by atoms with E-state index in [1.807, 2.05) is 6.07 Å². The molecular formula is C16H14O4. The number of phenolic OH excluding ortho intramolecular Hbond substituents is 1. The number of hydrogen-bond donors (Lipinski definition) is 1. The Morgan fingerprint density at radius 1 is 1.05 bits per heavy atom. The third kappa shape index (κ3) is 3.03. The molecule has 0 fully saturated rings. The Hall–Kier alpha value is -2.62. The number of esters is 1. The van der Waals surface area contributed by atoms with Crippen LogP contribution < -0.4 is 0 Å². The molecule has 0 bridgehead atoms. The molecule has 102 valence electrons. The van der Waals surface area contributed by atoms with Crippen LogP contribution in [-0.2, 0) is 16.1 Å². The summed E-state index contributed by atoms with van der Waals surface area (Å²) in [5, 5.41) is 10.1. The van der Waals surface area contributed by atoms with Gasteiger partial charge in [-0.3, -0.25) is 9.59 Å². The fourth-order valence-corrected chi connectivity index (χ4v) is 1.82. The Labute approximate surface area is 116 Å². The Balaban J connectivity index is 2.31. The molecule has 2 aromatic rings. The maximum Gasteiger partial charge on any atom is 0.302 e. The molecular weight excluding hydrogens is 256 g/mol. The number of para-hydroxylation sites is 1. The van der Waals surface area contributed by atoms with Gasteiger partial charge in [0.25, 0.3) is 0 Å². The highest BCUT2D eigenvalue weighted by Gasteiger charge is 2.16. The van der Waals surface area contributed by atoms with Crippen LogP contribution in [0.2, 0.25) is 0 Å². The van der Waals surface area contributed by atoms with Gasteiger partial charge >= 0.3 is 5.97 Å². The average molecular weight is 270 g/mol. The van der Waals surface area contributed by atoms with E-state index in [-0.39, 0.29) is 23.7 Å². The molecule has 0 aliphatic rings. The van der Waals surface area contributed by atoms with Crippen LogP contribution in [0.3, 0.4) is 0 Å². The van der Waals surface area contributed by atoms with Gasteiger partial charge in [0.2, 0.25) is 0 Å². The van der Waals surface area contributed by atoms with Crippen molar-refractivity contribution in [2.24, 2.45) is 0 Å². The summed E-state index contributed by atoms with van der Waals surface area (Å²) in [6.45, 7) is 1.23. The quantitative estimate of drug-likeness (QED) is 0.685. The first-order chi connectivity index (χ1) is 9.59. The smallest absolute Gasteiger partial charge is 0.302 e. The van der Waals surface area contributed by atoms with E-state index in [2.05, 4.69) is 0 Å². The van der Waals surface area contributed by atoms with Crippen LogP contribution in [0.15, 0.2) is 48.5 Å². The van der Waals surface area contributed by atoms with Gasteiger partial charge in [-0.1, -0.05) is 42.5 Å². The van der Waals surface area contributed by atoms with Crippen molar-refractivity contribution in [3.05, 3.63) is 65.2 Å². The fourth-order valence-electron chi connectivity index (χ4n) is 1.82. The topological polar surface area (TPSA) is 63.6 Å². The molecule has 0 saturated carbocycles. The lowest BCUT2D eigenvalue weighted by atomic mass is 10.0.